The number of aromatic nitrogens is 2. The van der Waals surface area contributed by atoms with E-state index in [9.17, 15) is 0 Å². The molecule has 0 aliphatic rings. The van der Waals surface area contributed by atoms with Gasteiger partial charge in [0.05, 0.1) is 7.11 Å². The number of aryl methyl sites for hydroxylation is 1. The topological polar surface area (TPSA) is 61.0 Å². The molecule has 3 rings (SSSR count). The quantitative estimate of drug-likeness (QED) is 0.747. The first kappa shape index (κ1) is 14.1. The van der Waals surface area contributed by atoms with Gasteiger partial charge in [0.15, 0.2) is 0 Å². The number of benzene rings is 1. The van der Waals surface area contributed by atoms with Gasteiger partial charge < -0.3 is 10.5 Å². The van der Waals surface area contributed by atoms with Gasteiger partial charge in [-0.05, 0) is 42.3 Å². The van der Waals surface area contributed by atoms with Crippen molar-refractivity contribution in [3.63, 3.8) is 0 Å². The standard InChI is InChI=1S/C18H17N3O/c1-12-17(13-3-5-16(19)6-4-13)9-15(11-21-12)14-7-8-20-18(10-14)22-2/h3-11H,19H2,1-2H3. The second kappa shape index (κ2) is 5.85. The average molecular weight is 291 g/mol. The van der Waals surface area contributed by atoms with E-state index < -0.39 is 0 Å². The van der Waals surface area contributed by atoms with E-state index in [0.717, 1.165) is 33.6 Å². The Kier molecular flexibility index (Phi) is 3.74. The van der Waals surface area contributed by atoms with Gasteiger partial charge in [0.1, 0.15) is 0 Å². The van der Waals surface area contributed by atoms with Gasteiger partial charge in [-0.25, -0.2) is 4.98 Å². The van der Waals surface area contributed by atoms with E-state index >= 15 is 0 Å². The highest BCUT2D eigenvalue weighted by molar-refractivity contribution is 5.74. The molecule has 0 radical (unpaired) electrons. The molecule has 0 aliphatic heterocycles. The Morgan fingerprint density at radius 3 is 2.41 bits per heavy atom. The maximum atomic E-state index is 5.76. The number of ether oxygens (including phenoxy) is 1. The van der Waals surface area contributed by atoms with Crippen LogP contribution in [0.4, 0.5) is 5.69 Å². The molecule has 4 nitrogen and oxygen atoms in total. The number of anilines is 1. The number of nitrogens with zero attached hydrogens (tertiary/aromatic N) is 2. The van der Waals surface area contributed by atoms with Crippen LogP contribution in [-0.2, 0) is 0 Å². The molecule has 110 valence electrons. The Bertz CT molecular complexity index is 798. The van der Waals surface area contributed by atoms with E-state index in [2.05, 4.69) is 16.0 Å². The van der Waals surface area contributed by atoms with Crippen molar-refractivity contribution in [2.24, 2.45) is 0 Å². The highest BCUT2D eigenvalue weighted by Gasteiger charge is 2.07. The summed E-state index contributed by atoms with van der Waals surface area (Å²) < 4.78 is 5.18. The molecule has 1 aromatic carbocycles. The van der Waals surface area contributed by atoms with Gasteiger partial charge >= 0.3 is 0 Å². The maximum Gasteiger partial charge on any atom is 0.213 e. The second-order valence-electron chi connectivity index (χ2n) is 5.07. The predicted octanol–water partition coefficient (Wildman–Crippen LogP) is 3.71. The third kappa shape index (κ3) is 2.76. The van der Waals surface area contributed by atoms with Gasteiger partial charge in [-0.2, -0.15) is 0 Å². The number of pyridine rings is 2. The normalized spacial score (nSPS) is 10.5. The van der Waals surface area contributed by atoms with Crippen LogP contribution in [0, 0.1) is 6.92 Å². The molecule has 0 saturated carbocycles. The molecule has 22 heavy (non-hydrogen) atoms. The van der Waals surface area contributed by atoms with Crippen molar-refractivity contribution >= 4 is 5.69 Å². The molecular weight excluding hydrogens is 274 g/mol. The van der Waals surface area contributed by atoms with Crippen LogP contribution in [0.2, 0.25) is 0 Å². The summed E-state index contributed by atoms with van der Waals surface area (Å²) >= 11 is 0. The Hall–Kier alpha value is -2.88. The molecule has 0 spiro atoms. The van der Waals surface area contributed by atoms with E-state index in [4.69, 9.17) is 10.5 Å². The molecule has 0 saturated heterocycles. The molecule has 2 N–H and O–H groups in total. The molecule has 3 aromatic rings. The van der Waals surface area contributed by atoms with E-state index in [1.807, 2.05) is 49.5 Å². The van der Waals surface area contributed by atoms with Gasteiger partial charge in [0, 0.05) is 41.0 Å². The monoisotopic (exact) mass is 291 g/mol. The van der Waals surface area contributed by atoms with Crippen molar-refractivity contribution in [2.45, 2.75) is 6.92 Å². The van der Waals surface area contributed by atoms with Crippen LogP contribution in [0.15, 0.2) is 54.9 Å². The zero-order valence-electron chi connectivity index (χ0n) is 12.6. The molecule has 2 heterocycles. The minimum Gasteiger partial charge on any atom is -0.481 e. The Balaban J connectivity index is 2.07. The van der Waals surface area contributed by atoms with Crippen LogP contribution in [0.25, 0.3) is 22.3 Å². The summed E-state index contributed by atoms with van der Waals surface area (Å²) in [6, 6.07) is 13.8. The molecule has 2 aromatic heterocycles. The Morgan fingerprint density at radius 1 is 0.909 bits per heavy atom. The van der Waals surface area contributed by atoms with Crippen molar-refractivity contribution in [3.8, 4) is 28.1 Å². The summed E-state index contributed by atoms with van der Waals surface area (Å²) in [4.78, 5) is 8.65. The van der Waals surface area contributed by atoms with E-state index in [1.54, 1.807) is 13.3 Å². The summed E-state index contributed by atoms with van der Waals surface area (Å²) in [5.74, 6) is 0.590. The van der Waals surface area contributed by atoms with Gasteiger partial charge in [0.2, 0.25) is 5.88 Å². The van der Waals surface area contributed by atoms with Crippen LogP contribution in [0.1, 0.15) is 5.69 Å². The fourth-order valence-electron chi connectivity index (χ4n) is 2.35. The number of hydrogen-bond donors (Lipinski definition) is 1. The lowest BCUT2D eigenvalue weighted by atomic mass is 10.00. The first-order chi connectivity index (χ1) is 10.7. The van der Waals surface area contributed by atoms with Crippen LogP contribution in [0.5, 0.6) is 5.88 Å². The highest BCUT2D eigenvalue weighted by atomic mass is 16.5. The number of nitrogen functional groups attached to an aromatic ring is 1. The Morgan fingerprint density at radius 2 is 1.68 bits per heavy atom. The zero-order chi connectivity index (χ0) is 15.5. The van der Waals surface area contributed by atoms with E-state index in [-0.39, 0.29) is 0 Å². The van der Waals surface area contributed by atoms with Crippen molar-refractivity contribution in [1.82, 2.24) is 9.97 Å². The highest BCUT2D eigenvalue weighted by Crippen LogP contribution is 2.29. The lowest BCUT2D eigenvalue weighted by molar-refractivity contribution is 0.398. The summed E-state index contributed by atoms with van der Waals surface area (Å²) in [5.41, 5.74) is 11.7. The molecular formula is C18H17N3O. The van der Waals surface area contributed by atoms with Crippen molar-refractivity contribution in [2.75, 3.05) is 12.8 Å². The largest absolute Gasteiger partial charge is 0.481 e. The molecule has 0 atom stereocenters. The summed E-state index contributed by atoms with van der Waals surface area (Å²) in [6.45, 7) is 2.00. The van der Waals surface area contributed by atoms with Gasteiger partial charge in [-0.3, -0.25) is 4.98 Å². The predicted molar refractivity (Wildman–Crippen MR) is 88.6 cm³/mol. The van der Waals surface area contributed by atoms with Crippen LogP contribution in [0.3, 0.4) is 0 Å². The van der Waals surface area contributed by atoms with E-state index in [1.165, 1.54) is 0 Å². The number of nitrogens with two attached hydrogens (primary N) is 1. The molecule has 4 heteroatoms. The van der Waals surface area contributed by atoms with Crippen LogP contribution < -0.4 is 10.5 Å². The molecule has 0 unspecified atom stereocenters. The van der Waals surface area contributed by atoms with Gasteiger partial charge in [0.25, 0.3) is 0 Å². The molecule has 0 aliphatic carbocycles. The fourth-order valence-corrected chi connectivity index (χ4v) is 2.35. The first-order valence-electron chi connectivity index (χ1n) is 7.00. The average Bonchev–Trinajstić information content (AvgIpc) is 2.56. The van der Waals surface area contributed by atoms with E-state index in [0.29, 0.717) is 5.88 Å². The second-order valence-corrected chi connectivity index (χ2v) is 5.07. The lowest BCUT2D eigenvalue weighted by Crippen LogP contribution is -1.92. The van der Waals surface area contributed by atoms with Crippen molar-refractivity contribution < 1.29 is 4.74 Å². The number of rotatable bonds is 3. The minimum absolute atomic E-state index is 0.590. The minimum atomic E-state index is 0.590. The first-order valence-corrected chi connectivity index (χ1v) is 7.00. The molecule has 0 bridgehead atoms. The third-order valence-corrected chi connectivity index (χ3v) is 3.59. The number of methoxy groups -OCH3 is 1. The summed E-state index contributed by atoms with van der Waals surface area (Å²) in [7, 11) is 1.61. The zero-order valence-corrected chi connectivity index (χ0v) is 12.6. The van der Waals surface area contributed by atoms with Gasteiger partial charge in [-0.1, -0.05) is 12.1 Å². The van der Waals surface area contributed by atoms with Crippen LogP contribution >= 0.6 is 0 Å². The van der Waals surface area contributed by atoms with Crippen LogP contribution in [-0.4, -0.2) is 17.1 Å². The SMILES string of the molecule is COc1cc(-c2cnc(C)c(-c3ccc(N)cc3)c2)ccn1. The Labute approximate surface area is 129 Å². The smallest absolute Gasteiger partial charge is 0.213 e. The van der Waals surface area contributed by atoms with Crippen molar-refractivity contribution in [1.29, 1.82) is 0 Å². The summed E-state index contributed by atoms with van der Waals surface area (Å²) in [5, 5.41) is 0. The van der Waals surface area contributed by atoms with Crippen molar-refractivity contribution in [3.05, 3.63) is 60.6 Å². The lowest BCUT2D eigenvalue weighted by Gasteiger charge is -2.09. The number of hydrogen-bond acceptors (Lipinski definition) is 4. The third-order valence-electron chi connectivity index (χ3n) is 3.59. The molecule has 0 fully saturated rings. The summed E-state index contributed by atoms with van der Waals surface area (Å²) in [6.07, 6.45) is 3.60. The maximum absolute atomic E-state index is 5.76. The van der Waals surface area contributed by atoms with Gasteiger partial charge in [-0.15, -0.1) is 0 Å². The molecule has 0 amide bonds. The fraction of sp³-hybridized carbons (Fsp3) is 0.111.